The van der Waals surface area contributed by atoms with Crippen molar-refractivity contribution < 1.29 is 4.79 Å². The monoisotopic (exact) mass is 356 g/mol. The average molecular weight is 358 g/mol. The maximum absolute atomic E-state index is 12.0. The Kier molecular flexibility index (Phi) is 5.57. The molecule has 0 fully saturated rings. The van der Waals surface area contributed by atoms with Crippen LogP contribution in [0.3, 0.4) is 0 Å². The fourth-order valence-corrected chi connectivity index (χ4v) is 2.52. The fraction of sp³-hybridized carbons (Fsp3) is 0.188. The number of anilines is 2. The van der Waals surface area contributed by atoms with Gasteiger partial charge in [0.2, 0.25) is 5.91 Å². The number of aryl methyl sites for hydroxylation is 1. The highest BCUT2D eigenvalue weighted by molar-refractivity contribution is 6.44. The predicted molar refractivity (Wildman–Crippen MR) is 94.5 cm³/mol. The minimum Gasteiger partial charge on any atom is -0.376 e. The number of nitrogens with one attached hydrogen (secondary N) is 2. The van der Waals surface area contributed by atoms with Crippen molar-refractivity contribution in [2.24, 2.45) is 0 Å². The molecule has 0 unspecified atom stereocenters. The van der Waals surface area contributed by atoms with Crippen molar-refractivity contribution in [1.82, 2.24) is 0 Å². The first kappa shape index (κ1) is 16.9. The summed E-state index contributed by atoms with van der Waals surface area (Å²) in [6.45, 7) is 4.16. The molecule has 1 amide bonds. The van der Waals surface area contributed by atoms with Crippen molar-refractivity contribution in [3.63, 3.8) is 0 Å². The molecule has 0 saturated carbocycles. The van der Waals surface area contributed by atoms with Gasteiger partial charge in [0.25, 0.3) is 0 Å². The number of rotatable bonds is 4. The molecule has 2 N–H and O–H groups in total. The summed E-state index contributed by atoms with van der Waals surface area (Å²) in [4.78, 5) is 12.0. The molecule has 0 aliphatic heterocycles. The molecule has 0 heterocycles. The van der Waals surface area contributed by atoms with Crippen LogP contribution < -0.4 is 10.6 Å². The second-order valence-corrected chi connectivity index (χ2v) is 6.12. The van der Waals surface area contributed by atoms with Crippen molar-refractivity contribution in [3.8, 4) is 0 Å². The highest BCUT2D eigenvalue weighted by Gasteiger charge is 2.10. The van der Waals surface area contributed by atoms with E-state index in [0.717, 1.165) is 16.8 Å². The molecule has 0 aliphatic rings. The van der Waals surface area contributed by atoms with Crippen molar-refractivity contribution in [2.45, 2.75) is 13.8 Å². The molecule has 22 heavy (non-hydrogen) atoms. The lowest BCUT2D eigenvalue weighted by Gasteiger charge is -2.12. The summed E-state index contributed by atoms with van der Waals surface area (Å²) < 4.78 is 0. The van der Waals surface area contributed by atoms with Crippen LogP contribution in [0.5, 0.6) is 0 Å². The van der Waals surface area contributed by atoms with Crippen molar-refractivity contribution in [3.05, 3.63) is 56.5 Å². The Bertz CT molecular complexity index is 717. The van der Waals surface area contributed by atoms with Gasteiger partial charge in [0.05, 0.1) is 27.3 Å². The second kappa shape index (κ2) is 7.23. The summed E-state index contributed by atoms with van der Waals surface area (Å²) in [5.41, 5.74) is 3.64. The molecule has 0 radical (unpaired) electrons. The van der Waals surface area contributed by atoms with Gasteiger partial charge >= 0.3 is 0 Å². The first-order valence-electron chi connectivity index (χ1n) is 6.63. The molecule has 0 bridgehead atoms. The van der Waals surface area contributed by atoms with E-state index in [1.807, 2.05) is 32.0 Å². The molecule has 2 aromatic rings. The van der Waals surface area contributed by atoms with Gasteiger partial charge < -0.3 is 10.6 Å². The van der Waals surface area contributed by atoms with Gasteiger partial charge in [-0.25, -0.2) is 0 Å². The van der Waals surface area contributed by atoms with E-state index >= 15 is 0 Å². The Morgan fingerprint density at radius 1 is 1.00 bits per heavy atom. The summed E-state index contributed by atoms with van der Waals surface area (Å²) in [6.07, 6.45) is 0. The molecular weight excluding hydrogens is 343 g/mol. The van der Waals surface area contributed by atoms with Crippen LogP contribution in [-0.2, 0) is 4.79 Å². The Hall–Kier alpha value is -1.42. The van der Waals surface area contributed by atoms with Gasteiger partial charge in [-0.15, -0.1) is 0 Å². The molecule has 0 aliphatic carbocycles. The Morgan fingerprint density at radius 3 is 2.41 bits per heavy atom. The lowest BCUT2D eigenvalue weighted by atomic mass is 10.1. The van der Waals surface area contributed by atoms with Crippen LogP contribution in [0.4, 0.5) is 11.4 Å². The summed E-state index contributed by atoms with van der Waals surface area (Å²) in [5, 5.41) is 6.84. The van der Waals surface area contributed by atoms with Crippen LogP contribution >= 0.6 is 34.8 Å². The van der Waals surface area contributed by atoms with Crippen molar-refractivity contribution in [2.75, 3.05) is 17.2 Å². The van der Waals surface area contributed by atoms with Gasteiger partial charge in [0, 0.05) is 5.69 Å². The van der Waals surface area contributed by atoms with E-state index in [0.29, 0.717) is 20.8 Å². The van der Waals surface area contributed by atoms with Crippen molar-refractivity contribution in [1.29, 1.82) is 0 Å². The Labute approximate surface area is 144 Å². The summed E-state index contributed by atoms with van der Waals surface area (Å²) in [5.74, 6) is -0.221. The smallest absolute Gasteiger partial charge is 0.243 e. The zero-order valence-corrected chi connectivity index (χ0v) is 14.4. The fourth-order valence-electron chi connectivity index (χ4n) is 1.93. The van der Waals surface area contributed by atoms with E-state index in [1.54, 1.807) is 0 Å². The lowest BCUT2D eigenvalue weighted by molar-refractivity contribution is -0.114. The van der Waals surface area contributed by atoms with Gasteiger partial charge in [-0.2, -0.15) is 0 Å². The van der Waals surface area contributed by atoms with Crippen LogP contribution in [0.15, 0.2) is 30.3 Å². The average Bonchev–Trinajstić information content (AvgIpc) is 2.46. The molecule has 0 saturated heterocycles. The summed E-state index contributed by atoms with van der Waals surface area (Å²) in [6, 6.07) is 8.93. The van der Waals surface area contributed by atoms with Crippen LogP contribution in [0, 0.1) is 13.8 Å². The van der Waals surface area contributed by atoms with Crippen molar-refractivity contribution >= 4 is 52.1 Å². The third-order valence-corrected chi connectivity index (χ3v) is 4.36. The molecule has 6 heteroatoms. The highest BCUT2D eigenvalue weighted by Crippen LogP contribution is 2.32. The van der Waals surface area contributed by atoms with Gasteiger partial charge in [-0.3, -0.25) is 4.79 Å². The number of hydrogen-bond acceptors (Lipinski definition) is 2. The van der Waals surface area contributed by atoms with Crippen LogP contribution in [0.2, 0.25) is 15.1 Å². The molecule has 0 atom stereocenters. The number of amides is 1. The van der Waals surface area contributed by atoms with E-state index in [-0.39, 0.29) is 12.5 Å². The quantitative estimate of drug-likeness (QED) is 0.728. The molecule has 0 aromatic heterocycles. The lowest BCUT2D eigenvalue weighted by Crippen LogP contribution is -2.22. The van der Waals surface area contributed by atoms with Crippen LogP contribution in [-0.4, -0.2) is 12.5 Å². The number of benzene rings is 2. The van der Waals surface area contributed by atoms with Gasteiger partial charge in [-0.05, 0) is 43.2 Å². The van der Waals surface area contributed by atoms with Gasteiger partial charge in [0.15, 0.2) is 0 Å². The topological polar surface area (TPSA) is 41.1 Å². The van der Waals surface area contributed by atoms with Crippen LogP contribution in [0.1, 0.15) is 11.1 Å². The summed E-state index contributed by atoms with van der Waals surface area (Å²) >= 11 is 17.8. The van der Waals surface area contributed by atoms with Gasteiger partial charge in [-0.1, -0.05) is 46.9 Å². The molecular formula is C16H15Cl3N2O. The van der Waals surface area contributed by atoms with E-state index in [1.165, 1.54) is 12.1 Å². The summed E-state index contributed by atoms with van der Waals surface area (Å²) in [7, 11) is 0. The third kappa shape index (κ3) is 4.07. The Morgan fingerprint density at radius 2 is 1.68 bits per heavy atom. The SMILES string of the molecule is Cc1cccc(NCC(=O)Nc2cc(Cl)c(Cl)cc2Cl)c1C. The second-order valence-electron chi connectivity index (χ2n) is 4.90. The predicted octanol–water partition coefficient (Wildman–Crippen LogP) is 5.31. The molecule has 2 rings (SSSR count). The highest BCUT2D eigenvalue weighted by atomic mass is 35.5. The molecule has 2 aromatic carbocycles. The number of carbonyl (C=O) groups is 1. The Balaban J connectivity index is 2.02. The third-order valence-electron chi connectivity index (χ3n) is 3.33. The van der Waals surface area contributed by atoms with E-state index in [9.17, 15) is 4.79 Å². The minimum absolute atomic E-state index is 0.126. The molecule has 116 valence electrons. The van der Waals surface area contributed by atoms with Gasteiger partial charge in [0.1, 0.15) is 0 Å². The number of carbonyl (C=O) groups excluding carboxylic acids is 1. The maximum atomic E-state index is 12.0. The maximum Gasteiger partial charge on any atom is 0.243 e. The first-order chi connectivity index (χ1) is 10.4. The first-order valence-corrected chi connectivity index (χ1v) is 7.76. The van der Waals surface area contributed by atoms with E-state index in [2.05, 4.69) is 10.6 Å². The zero-order valence-electron chi connectivity index (χ0n) is 12.1. The largest absolute Gasteiger partial charge is 0.376 e. The standard InChI is InChI=1S/C16H15Cl3N2O/c1-9-4-3-5-14(10(9)2)20-8-16(22)21-15-7-12(18)11(17)6-13(15)19/h3-7,20H,8H2,1-2H3,(H,21,22). The zero-order chi connectivity index (χ0) is 16.3. The van der Waals surface area contributed by atoms with E-state index in [4.69, 9.17) is 34.8 Å². The molecule has 0 spiro atoms. The van der Waals surface area contributed by atoms with Crippen LogP contribution in [0.25, 0.3) is 0 Å². The minimum atomic E-state index is -0.221. The van der Waals surface area contributed by atoms with E-state index < -0.39 is 0 Å². The number of halogens is 3. The number of hydrogen-bond donors (Lipinski definition) is 2. The normalized spacial score (nSPS) is 10.4. The molecule has 3 nitrogen and oxygen atoms in total.